The van der Waals surface area contributed by atoms with Crippen LogP contribution in [0.15, 0.2) is 29.2 Å². The van der Waals surface area contributed by atoms with Gasteiger partial charge in [-0.2, -0.15) is 4.31 Å². The van der Waals surface area contributed by atoms with Gasteiger partial charge in [0.05, 0.1) is 11.5 Å². The largest absolute Gasteiger partial charge is 0.444 e. The molecule has 1 atom stereocenters. The van der Waals surface area contributed by atoms with Crippen molar-refractivity contribution in [2.45, 2.75) is 36.8 Å². The molecule has 136 valence electrons. The van der Waals surface area contributed by atoms with Gasteiger partial charge in [0.15, 0.2) is 4.90 Å². The molecule has 0 spiro atoms. The number of nitrogens with zero attached hydrogens (tertiary/aromatic N) is 3. The van der Waals surface area contributed by atoms with Gasteiger partial charge in [-0.15, -0.1) is 0 Å². The molecule has 2 aliphatic rings. The first-order valence-corrected chi connectivity index (χ1v) is 9.45. The molecule has 0 aromatic heterocycles. The summed E-state index contributed by atoms with van der Waals surface area (Å²) < 4.78 is 31.9. The van der Waals surface area contributed by atoms with E-state index in [4.69, 9.17) is 4.74 Å². The predicted octanol–water partition coefficient (Wildman–Crippen LogP) is 1.59. The topological polar surface area (TPSA) is 110 Å². The summed E-state index contributed by atoms with van der Waals surface area (Å²) in [5.74, 6) is 0. The first-order valence-electron chi connectivity index (χ1n) is 8.01. The number of carbonyl (C=O) groups excluding carboxylic acids is 1. The molecule has 0 bridgehead atoms. The number of cyclic esters (lactones) is 1. The smallest absolute Gasteiger partial charge is 0.410 e. The van der Waals surface area contributed by atoms with Crippen LogP contribution >= 0.6 is 0 Å². The third kappa shape index (κ3) is 3.31. The number of hydrogen-bond acceptors (Lipinski definition) is 6. The Morgan fingerprint density at radius 2 is 1.88 bits per heavy atom. The van der Waals surface area contributed by atoms with E-state index in [1.807, 2.05) is 6.92 Å². The highest BCUT2D eigenvalue weighted by atomic mass is 32.2. The summed E-state index contributed by atoms with van der Waals surface area (Å²) >= 11 is 0. The fourth-order valence-electron chi connectivity index (χ4n) is 3.29. The molecule has 0 saturated carbocycles. The van der Waals surface area contributed by atoms with E-state index < -0.39 is 20.6 Å². The fraction of sp³-hybridized carbons (Fsp3) is 0.533. The number of rotatable bonds is 4. The Kier molecular flexibility index (Phi) is 4.65. The lowest BCUT2D eigenvalue weighted by atomic mass is 10.1. The van der Waals surface area contributed by atoms with Crippen molar-refractivity contribution in [3.05, 3.63) is 34.4 Å². The highest BCUT2D eigenvalue weighted by molar-refractivity contribution is 7.89. The lowest BCUT2D eigenvalue weighted by Crippen LogP contribution is -2.47. The SMILES string of the molecule is CC1CN(C2CCN(S(=O)(=O)c3ccccc3[N+](=O)[O-])CC2)C(=O)O1. The van der Waals surface area contributed by atoms with Gasteiger partial charge >= 0.3 is 6.09 Å². The summed E-state index contributed by atoms with van der Waals surface area (Å²) in [6.07, 6.45) is 0.414. The van der Waals surface area contributed by atoms with E-state index in [0.717, 1.165) is 0 Å². The predicted molar refractivity (Wildman–Crippen MR) is 87.5 cm³/mol. The van der Waals surface area contributed by atoms with Crippen molar-refractivity contribution >= 4 is 21.8 Å². The first kappa shape index (κ1) is 17.6. The second kappa shape index (κ2) is 6.60. The van der Waals surface area contributed by atoms with Crippen LogP contribution in [0.5, 0.6) is 0 Å². The Morgan fingerprint density at radius 1 is 1.24 bits per heavy atom. The first-order chi connectivity index (χ1) is 11.8. The number of para-hydroxylation sites is 1. The summed E-state index contributed by atoms with van der Waals surface area (Å²) in [4.78, 5) is 23.6. The second-order valence-corrected chi connectivity index (χ2v) is 8.11. The molecule has 0 N–H and O–H groups in total. The number of amides is 1. The minimum Gasteiger partial charge on any atom is -0.444 e. The lowest BCUT2D eigenvalue weighted by molar-refractivity contribution is -0.387. The molecule has 2 aliphatic heterocycles. The molecule has 1 amide bonds. The van der Waals surface area contributed by atoms with Crippen molar-refractivity contribution in [2.24, 2.45) is 0 Å². The van der Waals surface area contributed by atoms with Gasteiger partial charge in [-0.3, -0.25) is 10.1 Å². The van der Waals surface area contributed by atoms with Crippen molar-refractivity contribution in [3.8, 4) is 0 Å². The number of carbonyl (C=O) groups is 1. The summed E-state index contributed by atoms with van der Waals surface area (Å²) in [5, 5.41) is 11.1. The van der Waals surface area contributed by atoms with E-state index in [0.29, 0.717) is 19.4 Å². The summed E-state index contributed by atoms with van der Waals surface area (Å²) in [5.41, 5.74) is -0.429. The van der Waals surface area contributed by atoms with Gasteiger partial charge in [-0.05, 0) is 25.8 Å². The van der Waals surface area contributed by atoms with Gasteiger partial charge in [0, 0.05) is 25.2 Å². The van der Waals surface area contributed by atoms with Gasteiger partial charge in [0.2, 0.25) is 10.0 Å². The molecule has 10 heteroatoms. The molecule has 2 fully saturated rings. The molecule has 2 heterocycles. The number of nitro benzene ring substituents is 1. The molecule has 1 aromatic rings. The maximum Gasteiger partial charge on any atom is 0.410 e. The molecule has 1 unspecified atom stereocenters. The highest BCUT2D eigenvalue weighted by Crippen LogP contribution is 2.30. The molecular formula is C15H19N3O6S. The van der Waals surface area contributed by atoms with Crippen LogP contribution in [0.3, 0.4) is 0 Å². The summed E-state index contributed by atoms with van der Waals surface area (Å²) in [6.45, 7) is 2.72. The summed E-state index contributed by atoms with van der Waals surface area (Å²) in [7, 11) is -3.95. The van der Waals surface area contributed by atoms with E-state index in [1.54, 1.807) is 4.90 Å². The van der Waals surface area contributed by atoms with Gasteiger partial charge in [-0.25, -0.2) is 13.2 Å². The normalized spacial score (nSPS) is 22.8. The minimum atomic E-state index is -3.95. The van der Waals surface area contributed by atoms with Crippen LogP contribution < -0.4 is 0 Å². The zero-order valence-electron chi connectivity index (χ0n) is 13.7. The average molecular weight is 369 g/mol. The minimum absolute atomic E-state index is 0.0744. The molecule has 3 rings (SSSR count). The number of sulfonamides is 1. The molecule has 2 saturated heterocycles. The number of ether oxygens (including phenoxy) is 1. The van der Waals surface area contributed by atoms with Crippen LogP contribution in [0.25, 0.3) is 0 Å². The maximum atomic E-state index is 12.8. The van der Waals surface area contributed by atoms with Crippen LogP contribution in [0.1, 0.15) is 19.8 Å². The summed E-state index contributed by atoms with van der Waals surface area (Å²) in [6, 6.07) is 5.26. The molecule has 9 nitrogen and oxygen atoms in total. The molecule has 0 radical (unpaired) electrons. The van der Waals surface area contributed by atoms with Crippen molar-refractivity contribution in [1.29, 1.82) is 0 Å². The van der Waals surface area contributed by atoms with Crippen LogP contribution in [0, 0.1) is 10.1 Å². The van der Waals surface area contributed by atoms with Crippen LogP contribution in [-0.4, -0.2) is 60.4 Å². The Morgan fingerprint density at radius 3 is 2.44 bits per heavy atom. The van der Waals surface area contributed by atoms with E-state index in [1.165, 1.54) is 28.6 Å². The fourth-order valence-corrected chi connectivity index (χ4v) is 4.91. The van der Waals surface area contributed by atoms with Crippen molar-refractivity contribution in [1.82, 2.24) is 9.21 Å². The quantitative estimate of drug-likeness (QED) is 0.589. The highest BCUT2D eigenvalue weighted by Gasteiger charge is 2.39. The van der Waals surface area contributed by atoms with E-state index >= 15 is 0 Å². The number of piperidine rings is 1. The van der Waals surface area contributed by atoms with E-state index in [9.17, 15) is 23.3 Å². The van der Waals surface area contributed by atoms with Crippen molar-refractivity contribution in [2.75, 3.05) is 19.6 Å². The second-order valence-electron chi connectivity index (χ2n) is 6.21. The standard InChI is InChI=1S/C15H19N3O6S/c1-11-10-17(15(19)24-11)12-6-8-16(9-7-12)25(22,23)14-5-3-2-4-13(14)18(20)21/h2-5,11-12H,6-10H2,1H3. The monoisotopic (exact) mass is 369 g/mol. The molecule has 0 aliphatic carbocycles. The van der Waals surface area contributed by atoms with Crippen molar-refractivity contribution < 1.29 is 22.9 Å². The number of nitro groups is 1. The Labute approximate surface area is 145 Å². The van der Waals surface area contributed by atoms with Gasteiger partial charge in [0.25, 0.3) is 5.69 Å². The maximum absolute atomic E-state index is 12.8. The van der Waals surface area contributed by atoms with Gasteiger partial charge in [0.1, 0.15) is 6.10 Å². The van der Waals surface area contributed by atoms with Crippen LogP contribution in [0.2, 0.25) is 0 Å². The number of benzene rings is 1. The third-order valence-corrected chi connectivity index (χ3v) is 6.48. The lowest BCUT2D eigenvalue weighted by Gasteiger charge is -2.34. The van der Waals surface area contributed by atoms with Gasteiger partial charge in [-0.1, -0.05) is 12.1 Å². The Bertz CT molecular complexity index is 788. The number of hydrogen-bond donors (Lipinski definition) is 0. The average Bonchev–Trinajstić information content (AvgIpc) is 2.93. The van der Waals surface area contributed by atoms with Gasteiger partial charge < -0.3 is 9.64 Å². The Balaban J connectivity index is 1.74. The van der Waals surface area contributed by atoms with E-state index in [-0.39, 0.29) is 36.2 Å². The van der Waals surface area contributed by atoms with Crippen molar-refractivity contribution in [3.63, 3.8) is 0 Å². The molecule has 25 heavy (non-hydrogen) atoms. The zero-order chi connectivity index (χ0) is 18.2. The third-order valence-electron chi connectivity index (χ3n) is 4.53. The molecular weight excluding hydrogens is 350 g/mol. The van der Waals surface area contributed by atoms with Crippen LogP contribution in [-0.2, 0) is 14.8 Å². The van der Waals surface area contributed by atoms with Crippen LogP contribution in [0.4, 0.5) is 10.5 Å². The zero-order valence-corrected chi connectivity index (χ0v) is 14.5. The van der Waals surface area contributed by atoms with E-state index in [2.05, 4.69) is 0 Å². The molecule has 1 aromatic carbocycles. The Hall–Kier alpha value is -2.20.